The van der Waals surface area contributed by atoms with Crippen LogP contribution in [0.25, 0.3) is 22.4 Å². The van der Waals surface area contributed by atoms with Gasteiger partial charge in [0, 0.05) is 10.4 Å². The summed E-state index contributed by atoms with van der Waals surface area (Å²) < 4.78 is 11.0. The quantitative estimate of drug-likeness (QED) is 0.232. The molecule has 4 aromatic rings. The van der Waals surface area contributed by atoms with Crippen LogP contribution in [0.5, 0.6) is 0 Å². The highest BCUT2D eigenvalue weighted by Crippen LogP contribution is 2.38. The number of thiophene rings is 1. The highest BCUT2D eigenvalue weighted by Gasteiger charge is 2.29. The van der Waals surface area contributed by atoms with E-state index in [-0.39, 0.29) is 13.0 Å². The molecule has 0 saturated carbocycles. The number of esters is 2. The minimum absolute atomic E-state index is 0.250. The van der Waals surface area contributed by atoms with Gasteiger partial charge in [-0.15, -0.1) is 11.3 Å². The number of benzene rings is 2. The smallest absolute Gasteiger partial charge is 0.341 e. The molecule has 2 aromatic heterocycles. The number of ether oxygens (including phenoxy) is 2. The first-order valence-corrected chi connectivity index (χ1v) is 14.7. The van der Waals surface area contributed by atoms with Crippen molar-refractivity contribution in [3.8, 4) is 11.4 Å². The summed E-state index contributed by atoms with van der Waals surface area (Å²) in [7, 11) is 0. The van der Waals surface area contributed by atoms with Crippen LogP contribution in [0, 0.1) is 0 Å². The molecule has 2 heterocycles. The maximum absolute atomic E-state index is 13.3. The normalized spacial score (nSPS) is 14.1. The number of carbonyl (C=O) groups is 3. The van der Waals surface area contributed by atoms with Gasteiger partial charge in [-0.2, -0.15) is 0 Å². The first-order chi connectivity index (χ1) is 19.5. The largest absolute Gasteiger partial charge is 0.462 e. The first kappa shape index (κ1) is 27.6. The molecule has 1 aliphatic rings. The second-order valence-corrected chi connectivity index (χ2v) is 10.9. The molecule has 5 rings (SSSR count). The Labute approximate surface area is 237 Å². The van der Waals surface area contributed by atoms with Gasteiger partial charge in [0.2, 0.25) is 0 Å². The van der Waals surface area contributed by atoms with Crippen LogP contribution < -0.4 is 5.32 Å². The fourth-order valence-corrected chi connectivity index (χ4v) is 6.29. The summed E-state index contributed by atoms with van der Waals surface area (Å²) in [5, 5.41) is 3.36. The van der Waals surface area contributed by atoms with Crippen molar-refractivity contribution in [2.75, 3.05) is 11.9 Å². The fraction of sp³-hybridized carbons (Fsp3) is 0.355. The molecule has 0 radical (unpaired) electrons. The van der Waals surface area contributed by atoms with Gasteiger partial charge >= 0.3 is 11.9 Å². The van der Waals surface area contributed by atoms with Gasteiger partial charge < -0.3 is 19.8 Å². The number of amides is 1. The molecule has 0 saturated heterocycles. The summed E-state index contributed by atoms with van der Waals surface area (Å²) >= 11 is 1.43. The summed E-state index contributed by atoms with van der Waals surface area (Å²) in [5.41, 5.74) is 4.09. The Hall–Kier alpha value is -3.98. The van der Waals surface area contributed by atoms with E-state index in [1.165, 1.54) is 11.3 Å². The van der Waals surface area contributed by atoms with Crippen LogP contribution >= 0.6 is 11.3 Å². The van der Waals surface area contributed by atoms with Crippen molar-refractivity contribution in [3.05, 3.63) is 70.1 Å². The van der Waals surface area contributed by atoms with Crippen LogP contribution in [-0.2, 0) is 27.1 Å². The molecule has 1 atom stereocenters. The summed E-state index contributed by atoms with van der Waals surface area (Å²) in [5.74, 6) is -0.800. The van der Waals surface area contributed by atoms with Gasteiger partial charge in [-0.1, -0.05) is 50.1 Å². The number of fused-ring (bicyclic) bond motifs is 2. The monoisotopic (exact) mass is 559 g/mol. The summed E-state index contributed by atoms with van der Waals surface area (Å²) in [6.45, 7) is 3.79. The van der Waals surface area contributed by atoms with Crippen molar-refractivity contribution < 1.29 is 23.9 Å². The molecule has 1 aliphatic carbocycles. The van der Waals surface area contributed by atoms with E-state index >= 15 is 0 Å². The van der Waals surface area contributed by atoms with E-state index in [2.05, 4.69) is 15.3 Å². The highest BCUT2D eigenvalue weighted by atomic mass is 32.1. The van der Waals surface area contributed by atoms with Crippen molar-refractivity contribution >= 4 is 45.2 Å². The zero-order valence-electron chi connectivity index (χ0n) is 22.7. The van der Waals surface area contributed by atoms with E-state index in [1.54, 1.807) is 32.0 Å². The van der Waals surface area contributed by atoms with E-state index in [9.17, 15) is 14.4 Å². The van der Waals surface area contributed by atoms with Crippen LogP contribution in [0.3, 0.4) is 0 Å². The Morgan fingerprint density at radius 1 is 1.00 bits per heavy atom. The molecule has 8 nitrogen and oxygen atoms in total. The van der Waals surface area contributed by atoms with Crippen LogP contribution in [0.15, 0.2) is 48.5 Å². The molecular formula is C31H33N3O5S. The molecule has 0 bridgehead atoms. The van der Waals surface area contributed by atoms with Crippen molar-refractivity contribution in [3.63, 3.8) is 0 Å². The van der Waals surface area contributed by atoms with Crippen molar-refractivity contribution in [2.24, 2.45) is 0 Å². The molecule has 0 fully saturated rings. The Bertz CT molecular complexity index is 1520. The standard InChI is InChI=1S/C31H33N3O5S/c1-3-24(28(35)34-29-26(31(37)38-4-2)21-14-10-5-6-11-15-25(21)40-29)39-30(36)20-16-17-22-23(18-20)33-27(32-22)19-12-8-7-9-13-19/h7-9,12-13,16-18,24H,3-6,10-11,14-15H2,1-2H3,(H,32,33)(H,34,35). The molecule has 2 N–H and O–H groups in total. The number of aryl methyl sites for hydroxylation is 1. The lowest BCUT2D eigenvalue weighted by Gasteiger charge is -2.16. The first-order valence-electron chi connectivity index (χ1n) is 13.9. The number of nitrogens with one attached hydrogen (secondary N) is 2. The Balaban J connectivity index is 1.33. The molecule has 9 heteroatoms. The van der Waals surface area contributed by atoms with E-state index in [0.717, 1.165) is 60.0 Å². The van der Waals surface area contributed by atoms with E-state index < -0.39 is 23.9 Å². The van der Waals surface area contributed by atoms with Crippen molar-refractivity contribution in [1.82, 2.24) is 9.97 Å². The molecule has 2 aromatic carbocycles. The molecular weight excluding hydrogens is 526 g/mol. The highest BCUT2D eigenvalue weighted by molar-refractivity contribution is 7.17. The van der Waals surface area contributed by atoms with E-state index in [1.807, 2.05) is 30.3 Å². The number of rotatable bonds is 8. The molecule has 208 valence electrons. The third-order valence-corrected chi connectivity index (χ3v) is 8.27. The Morgan fingerprint density at radius 3 is 2.52 bits per heavy atom. The van der Waals surface area contributed by atoms with Crippen molar-refractivity contribution in [2.45, 2.75) is 64.9 Å². The van der Waals surface area contributed by atoms with Crippen LogP contribution in [0.2, 0.25) is 0 Å². The zero-order chi connectivity index (χ0) is 28.1. The third-order valence-electron chi connectivity index (χ3n) is 7.06. The van der Waals surface area contributed by atoms with E-state index in [4.69, 9.17) is 9.47 Å². The minimum Gasteiger partial charge on any atom is -0.462 e. The van der Waals surface area contributed by atoms with Gasteiger partial charge in [0.1, 0.15) is 10.8 Å². The van der Waals surface area contributed by atoms with Gasteiger partial charge in [-0.25, -0.2) is 14.6 Å². The average Bonchev–Trinajstić information content (AvgIpc) is 3.52. The Morgan fingerprint density at radius 2 is 1.77 bits per heavy atom. The average molecular weight is 560 g/mol. The number of imidazole rings is 1. The fourth-order valence-electron chi connectivity index (χ4n) is 5.01. The maximum Gasteiger partial charge on any atom is 0.341 e. The zero-order valence-corrected chi connectivity index (χ0v) is 23.6. The maximum atomic E-state index is 13.3. The van der Waals surface area contributed by atoms with Gasteiger partial charge in [-0.3, -0.25) is 4.79 Å². The number of hydrogen-bond acceptors (Lipinski definition) is 7. The third kappa shape index (κ3) is 5.94. The number of aromatic amines is 1. The minimum atomic E-state index is -1.02. The van der Waals surface area contributed by atoms with E-state index in [0.29, 0.717) is 27.5 Å². The number of anilines is 1. The van der Waals surface area contributed by atoms with Gasteiger partial charge in [0.05, 0.1) is 28.8 Å². The summed E-state index contributed by atoms with van der Waals surface area (Å²) in [4.78, 5) is 48.3. The SMILES string of the molecule is CCOC(=O)c1c(NC(=O)C(CC)OC(=O)c2ccc3nc(-c4ccccc4)[nH]c3c2)sc2c1CCCCCC2. The van der Waals surface area contributed by atoms with Gasteiger partial charge in [0.15, 0.2) is 6.10 Å². The number of nitrogens with zero attached hydrogens (tertiary/aromatic N) is 1. The number of H-pyrrole nitrogens is 1. The second kappa shape index (κ2) is 12.5. The summed E-state index contributed by atoms with van der Waals surface area (Å²) in [6, 6.07) is 14.8. The molecule has 0 spiro atoms. The van der Waals surface area contributed by atoms with Crippen LogP contribution in [-0.4, -0.2) is 40.5 Å². The second-order valence-electron chi connectivity index (χ2n) is 9.82. The summed E-state index contributed by atoms with van der Waals surface area (Å²) in [6.07, 6.45) is 5.22. The lowest BCUT2D eigenvalue weighted by Crippen LogP contribution is -2.32. The number of hydrogen-bond donors (Lipinski definition) is 2. The predicted molar refractivity (Wildman–Crippen MR) is 156 cm³/mol. The van der Waals surface area contributed by atoms with Crippen molar-refractivity contribution in [1.29, 1.82) is 0 Å². The molecule has 1 amide bonds. The topological polar surface area (TPSA) is 110 Å². The molecule has 0 aliphatic heterocycles. The molecule has 40 heavy (non-hydrogen) atoms. The number of aromatic nitrogens is 2. The molecule has 1 unspecified atom stereocenters. The Kier molecular flexibility index (Phi) is 8.60. The van der Waals surface area contributed by atoms with Crippen LogP contribution in [0.4, 0.5) is 5.00 Å². The number of carbonyl (C=O) groups excluding carboxylic acids is 3. The predicted octanol–water partition coefficient (Wildman–Crippen LogP) is 6.70. The lowest BCUT2D eigenvalue weighted by molar-refractivity contribution is -0.124. The van der Waals surface area contributed by atoms with Crippen LogP contribution in [0.1, 0.15) is 77.1 Å². The lowest BCUT2D eigenvalue weighted by atomic mass is 9.96. The van der Waals surface area contributed by atoms with Gasteiger partial charge in [0.25, 0.3) is 5.91 Å². The van der Waals surface area contributed by atoms with Gasteiger partial charge in [-0.05, 0) is 62.8 Å².